The number of nitrogens with zero attached hydrogens (tertiary/aromatic N) is 1. The zero-order chi connectivity index (χ0) is 22.5. The van der Waals surface area contributed by atoms with Crippen molar-refractivity contribution in [3.8, 4) is 28.5 Å². The number of methoxy groups -OCH3 is 3. The number of hydrogen-bond donors (Lipinski definition) is 2. The monoisotopic (exact) mass is 497 g/mol. The zero-order valence-electron chi connectivity index (χ0n) is 16.6. The van der Waals surface area contributed by atoms with Crippen molar-refractivity contribution in [2.24, 2.45) is 0 Å². The highest BCUT2D eigenvalue weighted by atomic mass is 35.5. The van der Waals surface area contributed by atoms with Gasteiger partial charge in [0.15, 0.2) is 21.7 Å². The first-order chi connectivity index (χ1) is 14.9. The molecule has 3 rings (SSSR count). The molecule has 162 valence electrons. The van der Waals surface area contributed by atoms with Crippen LogP contribution in [0.15, 0.2) is 35.7 Å². The number of thiazole rings is 1. The van der Waals surface area contributed by atoms with Crippen molar-refractivity contribution in [1.29, 1.82) is 0 Å². The highest BCUT2D eigenvalue weighted by Crippen LogP contribution is 2.34. The van der Waals surface area contributed by atoms with Crippen LogP contribution in [0.1, 0.15) is 10.4 Å². The number of halogens is 2. The average Bonchev–Trinajstić information content (AvgIpc) is 3.20. The van der Waals surface area contributed by atoms with Gasteiger partial charge in [-0.3, -0.25) is 10.1 Å². The highest BCUT2D eigenvalue weighted by molar-refractivity contribution is 7.80. The first-order valence-electron chi connectivity index (χ1n) is 8.69. The number of carbonyl (C=O) groups excluding carboxylic acids is 1. The van der Waals surface area contributed by atoms with Crippen LogP contribution < -0.4 is 24.8 Å². The fourth-order valence-electron chi connectivity index (χ4n) is 2.69. The van der Waals surface area contributed by atoms with Gasteiger partial charge in [0.25, 0.3) is 5.91 Å². The molecule has 0 radical (unpaired) electrons. The Morgan fingerprint density at radius 2 is 1.81 bits per heavy atom. The molecule has 1 aromatic heterocycles. The molecular weight excluding hydrogens is 481 g/mol. The van der Waals surface area contributed by atoms with E-state index < -0.39 is 5.91 Å². The van der Waals surface area contributed by atoms with Gasteiger partial charge in [0.1, 0.15) is 5.75 Å². The van der Waals surface area contributed by atoms with E-state index in [0.29, 0.717) is 27.3 Å². The summed E-state index contributed by atoms with van der Waals surface area (Å²) in [6.07, 6.45) is 0. The maximum Gasteiger partial charge on any atom is 0.261 e. The van der Waals surface area contributed by atoms with Crippen LogP contribution in [-0.4, -0.2) is 37.3 Å². The number of anilines is 1. The van der Waals surface area contributed by atoms with Crippen molar-refractivity contribution in [3.63, 3.8) is 0 Å². The summed E-state index contributed by atoms with van der Waals surface area (Å²) < 4.78 is 15.8. The van der Waals surface area contributed by atoms with E-state index in [0.717, 1.165) is 5.56 Å². The number of nitrogens with one attached hydrogen (secondary N) is 2. The summed E-state index contributed by atoms with van der Waals surface area (Å²) in [6, 6.07) is 8.43. The molecule has 3 aromatic rings. The van der Waals surface area contributed by atoms with Gasteiger partial charge < -0.3 is 19.5 Å². The molecule has 2 N–H and O–H groups in total. The van der Waals surface area contributed by atoms with E-state index in [2.05, 4.69) is 15.6 Å². The minimum atomic E-state index is -0.518. The number of carbonyl (C=O) groups is 1. The second kappa shape index (κ2) is 10.1. The van der Waals surface area contributed by atoms with Crippen LogP contribution in [0.2, 0.25) is 10.0 Å². The highest BCUT2D eigenvalue weighted by Gasteiger charge is 2.18. The molecular formula is C20H17Cl2N3O4S2. The first-order valence-corrected chi connectivity index (χ1v) is 10.7. The number of hydrogen-bond acceptors (Lipinski definition) is 7. The molecule has 0 aliphatic carbocycles. The number of ether oxygens (including phenoxy) is 3. The Hall–Kier alpha value is -2.59. The lowest BCUT2D eigenvalue weighted by molar-refractivity contribution is 0.0975. The van der Waals surface area contributed by atoms with Crippen molar-refractivity contribution in [3.05, 3.63) is 51.3 Å². The van der Waals surface area contributed by atoms with E-state index >= 15 is 0 Å². The molecule has 0 saturated carbocycles. The Morgan fingerprint density at radius 3 is 2.48 bits per heavy atom. The van der Waals surface area contributed by atoms with Crippen molar-refractivity contribution in [2.45, 2.75) is 0 Å². The van der Waals surface area contributed by atoms with Crippen molar-refractivity contribution >= 4 is 62.9 Å². The van der Waals surface area contributed by atoms with Crippen LogP contribution in [0, 0.1) is 0 Å². The predicted molar refractivity (Wildman–Crippen MR) is 127 cm³/mol. The van der Waals surface area contributed by atoms with Gasteiger partial charge in [-0.05, 0) is 42.5 Å². The van der Waals surface area contributed by atoms with Crippen LogP contribution >= 0.6 is 46.8 Å². The van der Waals surface area contributed by atoms with Gasteiger partial charge in [-0.2, -0.15) is 0 Å². The van der Waals surface area contributed by atoms with Crippen LogP contribution in [-0.2, 0) is 0 Å². The second-order valence-corrected chi connectivity index (χ2v) is 8.09. The summed E-state index contributed by atoms with van der Waals surface area (Å²) in [5.41, 5.74) is 1.72. The molecule has 0 atom stereocenters. The normalized spacial score (nSPS) is 10.4. The molecule has 2 aromatic carbocycles. The van der Waals surface area contributed by atoms with Crippen LogP contribution in [0.25, 0.3) is 11.3 Å². The third kappa shape index (κ3) is 5.37. The Kier molecular flexibility index (Phi) is 7.55. The Bertz CT molecular complexity index is 1140. The topological polar surface area (TPSA) is 81.7 Å². The van der Waals surface area contributed by atoms with Crippen molar-refractivity contribution < 1.29 is 19.0 Å². The smallest absolute Gasteiger partial charge is 0.261 e. The molecule has 0 fully saturated rings. The third-order valence-corrected chi connectivity index (χ3v) is 5.55. The first kappa shape index (κ1) is 23.1. The van der Waals surface area contributed by atoms with Crippen molar-refractivity contribution in [2.75, 3.05) is 26.6 Å². The Balaban J connectivity index is 1.72. The van der Waals surface area contributed by atoms with Gasteiger partial charge in [-0.1, -0.05) is 23.2 Å². The molecule has 0 aliphatic rings. The molecule has 1 amide bonds. The van der Waals surface area contributed by atoms with Gasteiger partial charge in [0, 0.05) is 16.0 Å². The molecule has 7 nitrogen and oxygen atoms in total. The van der Waals surface area contributed by atoms with Crippen LogP contribution in [0.4, 0.5) is 5.13 Å². The number of thiocarbonyl (C=S) groups is 1. The summed E-state index contributed by atoms with van der Waals surface area (Å²) in [6.45, 7) is 0. The standard InChI is InChI=1S/C20H17Cl2N3O4S2/c1-27-15-5-4-10(6-16(15)28-2)14-9-31-20(23-14)25-19(30)24-18(26)12-7-11(21)8-13(22)17(12)29-3/h4-9H,1-3H3,(H2,23,24,25,26,30). The van der Waals surface area contributed by atoms with E-state index in [9.17, 15) is 4.79 Å². The molecule has 0 unspecified atom stereocenters. The van der Waals surface area contributed by atoms with E-state index in [1.165, 1.54) is 30.6 Å². The molecule has 31 heavy (non-hydrogen) atoms. The minimum absolute atomic E-state index is 0.0661. The molecule has 0 saturated heterocycles. The van der Waals surface area contributed by atoms with Crippen LogP contribution in [0.3, 0.4) is 0 Å². The number of benzene rings is 2. The molecule has 0 aliphatic heterocycles. The lowest BCUT2D eigenvalue weighted by Gasteiger charge is -2.12. The summed E-state index contributed by atoms with van der Waals surface area (Å²) in [5, 5.41) is 8.41. The summed E-state index contributed by atoms with van der Waals surface area (Å²) >= 11 is 18.6. The Labute approximate surface area is 198 Å². The zero-order valence-corrected chi connectivity index (χ0v) is 19.8. The van der Waals surface area contributed by atoms with Gasteiger partial charge in [-0.25, -0.2) is 4.98 Å². The predicted octanol–water partition coefficient (Wildman–Crippen LogP) is 5.27. The third-order valence-electron chi connectivity index (χ3n) is 4.09. The molecule has 1 heterocycles. The number of rotatable bonds is 6. The fraction of sp³-hybridized carbons (Fsp3) is 0.150. The fourth-order valence-corrected chi connectivity index (χ4v) is 4.24. The van der Waals surface area contributed by atoms with Gasteiger partial charge in [0.05, 0.1) is 37.6 Å². The summed E-state index contributed by atoms with van der Waals surface area (Å²) in [7, 11) is 4.55. The van der Waals surface area contributed by atoms with Gasteiger partial charge in [-0.15, -0.1) is 11.3 Å². The number of amides is 1. The maximum absolute atomic E-state index is 12.6. The maximum atomic E-state index is 12.6. The van der Waals surface area contributed by atoms with Gasteiger partial charge in [0.2, 0.25) is 0 Å². The summed E-state index contributed by atoms with van der Waals surface area (Å²) in [5.74, 6) is 0.909. The second-order valence-electron chi connectivity index (χ2n) is 5.98. The number of aromatic nitrogens is 1. The lowest BCUT2D eigenvalue weighted by Crippen LogP contribution is -2.34. The minimum Gasteiger partial charge on any atom is -0.494 e. The largest absolute Gasteiger partial charge is 0.494 e. The Morgan fingerprint density at radius 1 is 1.06 bits per heavy atom. The molecule has 0 spiro atoms. The summed E-state index contributed by atoms with van der Waals surface area (Å²) in [4.78, 5) is 17.1. The average molecular weight is 498 g/mol. The molecule has 11 heteroatoms. The van der Waals surface area contributed by atoms with E-state index in [4.69, 9.17) is 49.6 Å². The SMILES string of the molecule is COc1ccc(-c2csc(NC(=S)NC(=O)c3cc(Cl)cc(Cl)c3OC)n2)cc1OC. The van der Waals surface area contributed by atoms with Gasteiger partial charge >= 0.3 is 0 Å². The van der Waals surface area contributed by atoms with E-state index in [1.807, 2.05) is 17.5 Å². The van der Waals surface area contributed by atoms with Crippen LogP contribution in [0.5, 0.6) is 17.2 Å². The molecule has 0 bridgehead atoms. The van der Waals surface area contributed by atoms with E-state index in [-0.39, 0.29) is 21.4 Å². The van der Waals surface area contributed by atoms with E-state index in [1.54, 1.807) is 20.3 Å². The lowest BCUT2D eigenvalue weighted by atomic mass is 10.1. The quantitative estimate of drug-likeness (QED) is 0.448. The van der Waals surface area contributed by atoms with Crippen molar-refractivity contribution in [1.82, 2.24) is 10.3 Å².